The number of alkyl halides is 7. The Kier molecular flexibility index (Phi) is 8.42. The van der Waals surface area contributed by atoms with Crippen LogP contribution in [0.15, 0.2) is 65.6 Å². The summed E-state index contributed by atoms with van der Waals surface area (Å²) >= 11 is 0. The molecule has 0 bridgehead atoms. The van der Waals surface area contributed by atoms with E-state index in [1.807, 2.05) is 0 Å². The summed E-state index contributed by atoms with van der Waals surface area (Å²) in [5, 5.41) is 9.36. The molecule has 6 nitrogen and oxygen atoms in total. The Morgan fingerprint density at radius 1 is 0.978 bits per heavy atom. The Morgan fingerprint density at radius 2 is 1.63 bits per heavy atom. The number of methoxy groups -OCH3 is 1. The van der Waals surface area contributed by atoms with Crippen molar-refractivity contribution >= 4 is 15.8 Å². The number of carbonyl (C=O) groups is 1. The van der Waals surface area contributed by atoms with Gasteiger partial charge in [0.05, 0.1) is 17.6 Å². The van der Waals surface area contributed by atoms with Crippen molar-refractivity contribution in [2.75, 3.05) is 13.7 Å². The number of benzene rings is 3. The first-order valence-corrected chi connectivity index (χ1v) is 15.5. The van der Waals surface area contributed by atoms with Crippen molar-refractivity contribution < 1.29 is 58.2 Å². The average Bonchev–Trinajstić information content (AvgIpc) is 3.25. The molecule has 0 radical (unpaired) electrons. The molecule has 0 amide bonds. The average molecular weight is 678 g/mol. The minimum Gasteiger partial charge on any atom is -0.496 e. The standard InChI is InChI=1S/C31H27F8NO5S/c1-45-25-16-19(27(41)42)5-6-20(25)17-40-14-13-28(46(43,44)23-10-8-22(32)9-11-23)24-12-7-21(15-18(24)3-2-4-26(28)40)29(33,30(34,35)36)31(37,38)39/h5-12,15-16,26H,2-4,13-14,17H2,1H3,(H,41,42)/t26-,28-/m0/s1. The Hall–Kier alpha value is -3.72. The maximum Gasteiger partial charge on any atom is 0.435 e. The highest BCUT2D eigenvalue weighted by atomic mass is 32.2. The van der Waals surface area contributed by atoms with Crippen molar-refractivity contribution in [1.82, 2.24) is 4.90 Å². The zero-order chi connectivity index (χ0) is 33.9. The highest BCUT2D eigenvalue weighted by Gasteiger charge is 2.73. The first-order valence-electron chi connectivity index (χ1n) is 14.0. The molecule has 0 spiro atoms. The summed E-state index contributed by atoms with van der Waals surface area (Å²) in [7, 11) is -3.21. The van der Waals surface area contributed by atoms with Crippen molar-refractivity contribution in [3.05, 3.63) is 94.3 Å². The lowest BCUT2D eigenvalue weighted by Gasteiger charge is -2.38. The van der Waals surface area contributed by atoms with E-state index < -0.39 is 56.0 Å². The summed E-state index contributed by atoms with van der Waals surface area (Å²) in [6.45, 7) is 0.145. The molecule has 0 saturated carbocycles. The van der Waals surface area contributed by atoms with Crippen LogP contribution in [0.2, 0.25) is 0 Å². The first-order chi connectivity index (χ1) is 21.4. The molecule has 1 heterocycles. The number of hydrogen-bond acceptors (Lipinski definition) is 5. The predicted molar refractivity (Wildman–Crippen MR) is 148 cm³/mol. The third-order valence-electron chi connectivity index (χ3n) is 8.92. The number of carboxylic acid groups (broad SMARTS) is 1. The summed E-state index contributed by atoms with van der Waals surface area (Å²) in [6.07, 6.45) is -12.8. The maximum atomic E-state index is 15.1. The number of rotatable bonds is 7. The van der Waals surface area contributed by atoms with Crippen LogP contribution >= 0.6 is 0 Å². The second kappa shape index (κ2) is 11.5. The quantitative estimate of drug-likeness (QED) is 0.212. The Balaban J connectivity index is 1.69. The van der Waals surface area contributed by atoms with Gasteiger partial charge in [-0.1, -0.05) is 24.3 Å². The lowest BCUT2D eigenvalue weighted by Crippen LogP contribution is -2.50. The number of sulfone groups is 1. The van der Waals surface area contributed by atoms with Gasteiger partial charge in [-0.2, -0.15) is 26.3 Å². The van der Waals surface area contributed by atoms with Crippen molar-refractivity contribution in [3.63, 3.8) is 0 Å². The van der Waals surface area contributed by atoms with Gasteiger partial charge >= 0.3 is 24.0 Å². The van der Waals surface area contributed by atoms with Gasteiger partial charge in [-0.15, -0.1) is 0 Å². The van der Waals surface area contributed by atoms with Gasteiger partial charge in [0.25, 0.3) is 0 Å². The Morgan fingerprint density at radius 3 is 2.22 bits per heavy atom. The molecule has 46 heavy (non-hydrogen) atoms. The number of likely N-dealkylation sites (tertiary alicyclic amines) is 1. The molecule has 1 N–H and O–H groups in total. The molecule has 3 aromatic rings. The van der Waals surface area contributed by atoms with Gasteiger partial charge in [0.1, 0.15) is 16.3 Å². The molecule has 2 aliphatic rings. The number of aryl methyl sites for hydroxylation is 1. The SMILES string of the molecule is COc1cc(C(=O)O)ccc1CN1CC[C@]2(S(=O)(=O)c3ccc(F)cc3)c3ccc(C(F)(C(F)(F)F)C(F)(F)F)cc3CCC[C@H]12. The summed E-state index contributed by atoms with van der Waals surface area (Å²) in [5.41, 5.74) is -7.21. The van der Waals surface area contributed by atoms with Crippen molar-refractivity contribution in [1.29, 1.82) is 0 Å². The second-order valence-corrected chi connectivity index (χ2v) is 13.5. The minimum atomic E-state index is -6.36. The topological polar surface area (TPSA) is 83.9 Å². The van der Waals surface area contributed by atoms with E-state index in [4.69, 9.17) is 4.74 Å². The summed E-state index contributed by atoms with van der Waals surface area (Å²) in [4.78, 5) is 12.9. The molecule has 248 valence electrons. The van der Waals surface area contributed by atoms with E-state index in [9.17, 15) is 49.1 Å². The Bertz CT molecular complexity index is 1740. The van der Waals surface area contributed by atoms with Gasteiger partial charge in [-0.25, -0.2) is 22.0 Å². The van der Waals surface area contributed by atoms with Gasteiger partial charge in [0.2, 0.25) is 0 Å². The van der Waals surface area contributed by atoms with Crippen LogP contribution < -0.4 is 4.74 Å². The number of nitrogens with zero attached hydrogens (tertiary/aromatic N) is 1. The summed E-state index contributed by atoms with van der Waals surface area (Å²) < 4.78 is 143. The van der Waals surface area contributed by atoms with Gasteiger partial charge in [0, 0.05) is 30.3 Å². The largest absolute Gasteiger partial charge is 0.496 e. The molecule has 15 heteroatoms. The van der Waals surface area contributed by atoms with Crippen LogP contribution in [0.1, 0.15) is 51.9 Å². The van der Waals surface area contributed by atoms with E-state index in [1.54, 1.807) is 4.90 Å². The van der Waals surface area contributed by atoms with Crippen LogP contribution in [0.5, 0.6) is 5.75 Å². The predicted octanol–water partition coefficient (Wildman–Crippen LogP) is 7.10. The van der Waals surface area contributed by atoms with Gasteiger partial charge in [-0.05, 0) is 73.2 Å². The monoisotopic (exact) mass is 677 g/mol. The van der Waals surface area contributed by atoms with Crippen molar-refractivity contribution in [2.24, 2.45) is 0 Å². The molecular weight excluding hydrogens is 650 g/mol. The van der Waals surface area contributed by atoms with E-state index in [0.717, 1.165) is 30.3 Å². The third kappa shape index (κ3) is 5.20. The van der Waals surface area contributed by atoms with Crippen LogP contribution in [0.25, 0.3) is 0 Å². The van der Waals surface area contributed by atoms with Crippen molar-refractivity contribution in [2.45, 2.75) is 65.9 Å². The second-order valence-electron chi connectivity index (χ2n) is 11.3. The smallest absolute Gasteiger partial charge is 0.435 e. The number of fused-ring (bicyclic) bond motifs is 3. The number of hydrogen-bond donors (Lipinski definition) is 1. The molecule has 1 aliphatic heterocycles. The number of ether oxygens (including phenoxy) is 1. The minimum absolute atomic E-state index is 0.0532. The number of carboxylic acids is 1. The molecule has 0 unspecified atom stereocenters. The normalized spacial score (nSPS) is 20.9. The zero-order valence-electron chi connectivity index (χ0n) is 24.1. The summed E-state index contributed by atoms with van der Waals surface area (Å²) in [6, 6.07) is 8.78. The van der Waals surface area contributed by atoms with Gasteiger partial charge < -0.3 is 9.84 Å². The number of aromatic carboxylic acids is 1. The van der Waals surface area contributed by atoms with Crippen LogP contribution in [0.4, 0.5) is 35.1 Å². The lowest BCUT2D eigenvalue weighted by molar-refractivity contribution is -0.348. The highest BCUT2D eigenvalue weighted by Crippen LogP contribution is 2.56. The molecule has 1 saturated heterocycles. The molecule has 5 rings (SSSR count). The molecule has 1 fully saturated rings. The first kappa shape index (κ1) is 33.6. The van der Waals surface area contributed by atoms with E-state index in [-0.39, 0.29) is 66.1 Å². The molecule has 1 aliphatic carbocycles. The van der Waals surface area contributed by atoms with Crippen LogP contribution in [0, 0.1) is 5.82 Å². The van der Waals surface area contributed by atoms with Crippen LogP contribution in [0.3, 0.4) is 0 Å². The maximum absolute atomic E-state index is 15.1. The molecule has 2 atom stereocenters. The van der Waals surface area contributed by atoms with E-state index in [1.165, 1.54) is 25.3 Å². The fraction of sp³-hybridized carbons (Fsp3) is 0.387. The zero-order valence-corrected chi connectivity index (χ0v) is 24.9. The van der Waals surface area contributed by atoms with Gasteiger partial charge in [0.15, 0.2) is 9.84 Å². The van der Waals surface area contributed by atoms with E-state index in [0.29, 0.717) is 17.7 Å². The summed E-state index contributed by atoms with van der Waals surface area (Å²) in [5.74, 6) is -1.73. The van der Waals surface area contributed by atoms with E-state index in [2.05, 4.69) is 0 Å². The molecule has 3 aromatic carbocycles. The van der Waals surface area contributed by atoms with Crippen molar-refractivity contribution in [3.8, 4) is 5.75 Å². The lowest BCUT2D eigenvalue weighted by atomic mass is 9.84. The Labute approximate surface area is 258 Å². The van der Waals surface area contributed by atoms with Crippen LogP contribution in [-0.4, -0.2) is 56.4 Å². The highest BCUT2D eigenvalue weighted by molar-refractivity contribution is 7.92. The number of halogens is 8. The fourth-order valence-corrected chi connectivity index (χ4v) is 9.15. The van der Waals surface area contributed by atoms with Crippen LogP contribution in [-0.2, 0) is 33.2 Å². The molecular formula is C31H27F8NO5S. The van der Waals surface area contributed by atoms with Gasteiger partial charge in [-0.3, -0.25) is 4.90 Å². The van der Waals surface area contributed by atoms with E-state index >= 15 is 4.39 Å². The fourth-order valence-electron chi connectivity index (χ4n) is 6.76. The third-order valence-corrected chi connectivity index (χ3v) is 11.5. The molecule has 0 aromatic heterocycles.